The molecule has 0 atom stereocenters. The lowest BCUT2D eigenvalue weighted by Gasteiger charge is -2.35. The Morgan fingerprint density at radius 3 is 2.45 bits per heavy atom. The van der Waals surface area contributed by atoms with Crippen molar-refractivity contribution < 1.29 is 17.6 Å². The summed E-state index contributed by atoms with van der Waals surface area (Å²) in [5.74, 6) is 0.0511. The van der Waals surface area contributed by atoms with Crippen molar-refractivity contribution in [2.75, 3.05) is 13.6 Å². The van der Waals surface area contributed by atoms with Gasteiger partial charge in [-0.1, -0.05) is 18.2 Å². The summed E-state index contributed by atoms with van der Waals surface area (Å²) in [7, 11) is 2.14. The number of aromatic amines is 1. The number of fused-ring (bicyclic) bond motifs is 1. The lowest BCUT2D eigenvalue weighted by Crippen LogP contribution is -2.35. The summed E-state index contributed by atoms with van der Waals surface area (Å²) in [4.78, 5) is 16.4. The quantitative estimate of drug-likeness (QED) is 0.541. The number of H-pyrrole nitrogens is 1. The van der Waals surface area contributed by atoms with E-state index in [9.17, 15) is 18.0 Å². The summed E-state index contributed by atoms with van der Waals surface area (Å²) < 4.78 is 43.2. The fourth-order valence-electron chi connectivity index (χ4n) is 4.64. The third-order valence-electron chi connectivity index (χ3n) is 6.49. The predicted molar refractivity (Wildman–Crippen MR) is 114 cm³/mol. The topological polar surface area (TPSA) is 49.2 Å². The number of nitrogens with one attached hydrogen (secondary N) is 1. The molecule has 31 heavy (non-hydrogen) atoms. The van der Waals surface area contributed by atoms with Gasteiger partial charge in [0, 0.05) is 6.04 Å². The zero-order valence-electron chi connectivity index (χ0n) is 17.5. The number of rotatable bonds is 6. The molecule has 0 radical (unpaired) electrons. The SMILES string of the molecule is CN(CCCc1ccc(C(F)(F)F)cc1)C1CCC(c2ccc3[nH]c(=O)oc3c2)CC1. The Labute approximate surface area is 179 Å². The number of alkyl halides is 3. The van der Waals surface area contributed by atoms with Gasteiger partial charge in [0.15, 0.2) is 5.58 Å². The van der Waals surface area contributed by atoms with Gasteiger partial charge in [0.25, 0.3) is 0 Å². The molecule has 1 fully saturated rings. The van der Waals surface area contributed by atoms with Crippen molar-refractivity contribution in [1.29, 1.82) is 0 Å². The largest absolute Gasteiger partial charge is 0.417 e. The number of hydrogen-bond donors (Lipinski definition) is 1. The number of benzene rings is 2. The Morgan fingerprint density at radius 2 is 1.77 bits per heavy atom. The van der Waals surface area contributed by atoms with Crippen LogP contribution in [0.5, 0.6) is 0 Å². The van der Waals surface area contributed by atoms with Crippen molar-refractivity contribution in [3.63, 3.8) is 0 Å². The average molecular weight is 432 g/mol. The molecule has 0 unspecified atom stereocenters. The number of oxazole rings is 1. The molecule has 1 aromatic heterocycles. The summed E-state index contributed by atoms with van der Waals surface area (Å²) in [6, 6.07) is 12.0. The molecule has 4 rings (SSSR count). The monoisotopic (exact) mass is 432 g/mol. The molecule has 0 saturated heterocycles. The van der Waals surface area contributed by atoms with Crippen LogP contribution in [0.3, 0.4) is 0 Å². The molecule has 0 bridgehead atoms. The second-order valence-electron chi connectivity index (χ2n) is 8.55. The zero-order chi connectivity index (χ0) is 22.0. The van der Waals surface area contributed by atoms with E-state index in [2.05, 4.69) is 23.0 Å². The van der Waals surface area contributed by atoms with E-state index in [4.69, 9.17) is 4.42 Å². The highest BCUT2D eigenvalue weighted by Crippen LogP contribution is 2.35. The normalized spacial score (nSPS) is 19.9. The molecule has 4 nitrogen and oxygen atoms in total. The summed E-state index contributed by atoms with van der Waals surface area (Å²) in [5.41, 5.74) is 2.92. The zero-order valence-corrected chi connectivity index (χ0v) is 17.5. The van der Waals surface area contributed by atoms with Crippen LogP contribution in [0.4, 0.5) is 13.2 Å². The van der Waals surface area contributed by atoms with E-state index in [1.54, 1.807) is 12.1 Å². The first-order valence-corrected chi connectivity index (χ1v) is 10.8. The van der Waals surface area contributed by atoms with E-state index in [1.807, 2.05) is 12.1 Å². The van der Waals surface area contributed by atoms with Gasteiger partial charge < -0.3 is 9.32 Å². The van der Waals surface area contributed by atoms with Gasteiger partial charge >= 0.3 is 11.9 Å². The summed E-state index contributed by atoms with van der Waals surface area (Å²) >= 11 is 0. The Morgan fingerprint density at radius 1 is 1.06 bits per heavy atom. The first-order valence-electron chi connectivity index (χ1n) is 10.8. The molecule has 166 valence electrons. The van der Waals surface area contributed by atoms with Crippen molar-refractivity contribution in [1.82, 2.24) is 9.88 Å². The highest BCUT2D eigenvalue weighted by Gasteiger charge is 2.30. The van der Waals surface area contributed by atoms with Crippen LogP contribution < -0.4 is 5.76 Å². The number of aromatic nitrogens is 1. The minimum atomic E-state index is -4.28. The Hall–Kier alpha value is -2.54. The van der Waals surface area contributed by atoms with Crippen molar-refractivity contribution in [3.05, 3.63) is 69.7 Å². The lowest BCUT2D eigenvalue weighted by molar-refractivity contribution is -0.137. The molecule has 0 spiro atoms. The van der Waals surface area contributed by atoms with Gasteiger partial charge in [-0.05, 0) is 93.4 Å². The third-order valence-corrected chi connectivity index (χ3v) is 6.49. The molecule has 3 aromatic rings. The van der Waals surface area contributed by atoms with Crippen LogP contribution in [0.1, 0.15) is 54.7 Å². The lowest BCUT2D eigenvalue weighted by atomic mass is 9.81. The van der Waals surface area contributed by atoms with Gasteiger partial charge in [-0.15, -0.1) is 0 Å². The van der Waals surface area contributed by atoms with Gasteiger partial charge in [-0.3, -0.25) is 4.98 Å². The van der Waals surface area contributed by atoms with E-state index in [0.717, 1.165) is 68.3 Å². The van der Waals surface area contributed by atoms with Crippen LogP contribution in [0.15, 0.2) is 51.7 Å². The summed E-state index contributed by atoms with van der Waals surface area (Å²) in [5, 5.41) is 0. The van der Waals surface area contributed by atoms with Crippen LogP contribution in [0.2, 0.25) is 0 Å². The maximum atomic E-state index is 12.7. The molecular weight excluding hydrogens is 405 g/mol. The van der Waals surface area contributed by atoms with E-state index in [-0.39, 0.29) is 0 Å². The second-order valence-corrected chi connectivity index (χ2v) is 8.55. The van der Waals surface area contributed by atoms with Crippen LogP contribution in [0, 0.1) is 0 Å². The molecule has 1 saturated carbocycles. The summed E-state index contributed by atoms with van der Waals surface area (Å²) in [6.45, 7) is 0.927. The van der Waals surface area contributed by atoms with Crippen LogP contribution >= 0.6 is 0 Å². The fourth-order valence-corrected chi connectivity index (χ4v) is 4.64. The molecule has 1 N–H and O–H groups in total. The predicted octanol–water partition coefficient (Wildman–Crippen LogP) is 5.73. The molecule has 0 aliphatic heterocycles. The van der Waals surface area contributed by atoms with Crippen molar-refractivity contribution in [2.45, 2.75) is 56.7 Å². The van der Waals surface area contributed by atoms with Crippen molar-refractivity contribution >= 4 is 11.1 Å². The van der Waals surface area contributed by atoms with Crippen LogP contribution in [-0.2, 0) is 12.6 Å². The number of aryl methyl sites for hydroxylation is 1. The van der Waals surface area contributed by atoms with Crippen molar-refractivity contribution in [2.24, 2.45) is 0 Å². The van der Waals surface area contributed by atoms with Crippen LogP contribution in [-0.4, -0.2) is 29.5 Å². The molecule has 1 heterocycles. The summed E-state index contributed by atoms with van der Waals surface area (Å²) in [6.07, 6.45) is 1.82. The Balaban J connectivity index is 1.24. The minimum Gasteiger partial charge on any atom is -0.408 e. The van der Waals surface area contributed by atoms with Gasteiger partial charge in [0.1, 0.15) is 0 Å². The van der Waals surface area contributed by atoms with Crippen molar-refractivity contribution in [3.8, 4) is 0 Å². The first-order chi connectivity index (χ1) is 14.8. The van der Waals surface area contributed by atoms with Gasteiger partial charge in [0.2, 0.25) is 0 Å². The van der Waals surface area contributed by atoms with Gasteiger partial charge in [-0.25, -0.2) is 4.79 Å². The van der Waals surface area contributed by atoms with E-state index < -0.39 is 17.5 Å². The highest BCUT2D eigenvalue weighted by molar-refractivity contribution is 5.72. The first kappa shape index (κ1) is 21.7. The maximum Gasteiger partial charge on any atom is 0.417 e. The van der Waals surface area contributed by atoms with Gasteiger partial charge in [-0.2, -0.15) is 13.2 Å². The number of nitrogens with zero attached hydrogens (tertiary/aromatic N) is 1. The fraction of sp³-hybridized carbons (Fsp3) is 0.458. The number of halogens is 3. The van der Waals surface area contributed by atoms with E-state index >= 15 is 0 Å². The Bertz CT molecular complexity index is 1060. The smallest absolute Gasteiger partial charge is 0.408 e. The van der Waals surface area contributed by atoms with E-state index in [0.29, 0.717) is 17.5 Å². The standard InChI is InChI=1S/C24H27F3N2O2/c1-29(14-2-3-16-4-9-19(10-5-16)24(25,26)27)20-11-6-17(7-12-20)18-8-13-21-22(15-18)31-23(30)28-21/h4-5,8-10,13,15,17,20H,2-3,6-7,11-12,14H2,1H3,(H,28,30). The third kappa shape index (κ3) is 5.21. The highest BCUT2D eigenvalue weighted by atomic mass is 19.4. The molecule has 1 aliphatic rings. The number of hydrogen-bond acceptors (Lipinski definition) is 3. The maximum absolute atomic E-state index is 12.7. The Kier molecular flexibility index (Phi) is 6.23. The molecule has 7 heteroatoms. The average Bonchev–Trinajstić information content (AvgIpc) is 3.12. The second kappa shape index (κ2) is 8.91. The molecular formula is C24H27F3N2O2. The van der Waals surface area contributed by atoms with E-state index in [1.165, 1.54) is 5.56 Å². The molecule has 2 aromatic carbocycles. The minimum absolute atomic E-state index is 0.422. The molecule has 0 amide bonds. The van der Waals surface area contributed by atoms with Crippen LogP contribution in [0.25, 0.3) is 11.1 Å². The van der Waals surface area contributed by atoms with Gasteiger partial charge in [0.05, 0.1) is 11.1 Å². The molecule has 1 aliphatic carbocycles.